The molecule has 0 radical (unpaired) electrons. The van der Waals surface area contributed by atoms with Crippen LogP contribution in [0.2, 0.25) is 0 Å². The quantitative estimate of drug-likeness (QED) is 0.240. The number of nitrogens with zero attached hydrogens (tertiary/aromatic N) is 3. The highest BCUT2D eigenvalue weighted by Crippen LogP contribution is 2.10. The van der Waals surface area contributed by atoms with Gasteiger partial charge in [-0.2, -0.15) is 0 Å². The van der Waals surface area contributed by atoms with Crippen LogP contribution in [-0.2, 0) is 40.5 Å². The van der Waals surface area contributed by atoms with Crippen molar-refractivity contribution in [2.75, 3.05) is 6.61 Å². The first-order chi connectivity index (χ1) is 18.9. The van der Waals surface area contributed by atoms with Crippen molar-refractivity contribution < 1.29 is 14.3 Å². The molecule has 0 fully saturated rings. The molecule has 0 aliphatic rings. The number of pyridine rings is 2. The molecule has 202 valence electrons. The van der Waals surface area contributed by atoms with Gasteiger partial charge in [-0.1, -0.05) is 72.8 Å². The number of amides is 1. The highest BCUT2D eigenvalue weighted by atomic mass is 16.5. The summed E-state index contributed by atoms with van der Waals surface area (Å²) in [6.07, 6.45) is 3.64. The van der Waals surface area contributed by atoms with Gasteiger partial charge in [-0.3, -0.25) is 14.8 Å². The molecule has 0 spiro atoms. The minimum absolute atomic E-state index is 0.173. The van der Waals surface area contributed by atoms with Gasteiger partial charge in [0.05, 0.1) is 24.5 Å². The van der Waals surface area contributed by atoms with E-state index in [-0.39, 0.29) is 13.2 Å². The van der Waals surface area contributed by atoms with Crippen molar-refractivity contribution in [3.63, 3.8) is 0 Å². The molecule has 0 aliphatic carbocycles. The van der Waals surface area contributed by atoms with Gasteiger partial charge < -0.3 is 15.0 Å². The highest BCUT2D eigenvalue weighted by molar-refractivity contribution is 6.32. The summed E-state index contributed by atoms with van der Waals surface area (Å²) in [7, 11) is 0. The van der Waals surface area contributed by atoms with E-state index >= 15 is 0 Å². The van der Waals surface area contributed by atoms with E-state index in [0.29, 0.717) is 6.54 Å². The molecule has 0 aliphatic heterocycles. The van der Waals surface area contributed by atoms with Crippen LogP contribution in [0.15, 0.2) is 97.3 Å². The van der Waals surface area contributed by atoms with E-state index in [1.165, 1.54) is 16.0 Å². The summed E-state index contributed by atoms with van der Waals surface area (Å²) in [5.41, 5.74) is 6.30. The fourth-order valence-electron chi connectivity index (χ4n) is 3.65. The molecule has 1 amide bonds. The second-order valence-corrected chi connectivity index (χ2v) is 9.11. The number of aryl methyl sites for hydroxylation is 2. The van der Waals surface area contributed by atoms with Crippen LogP contribution in [0.3, 0.4) is 0 Å². The molecule has 0 saturated heterocycles. The molecule has 2 aromatic carbocycles. The van der Waals surface area contributed by atoms with Crippen LogP contribution < -0.4 is 5.32 Å². The molecular formula is C32H36N4O3. The summed E-state index contributed by atoms with van der Waals surface area (Å²) in [4.78, 5) is 34.2. The number of ether oxygens (including phenoxy) is 1. The topological polar surface area (TPSA) is 84.4 Å². The van der Waals surface area contributed by atoms with Crippen LogP contribution in [0, 0.1) is 13.8 Å². The molecule has 1 N–H and O–H groups in total. The van der Waals surface area contributed by atoms with Gasteiger partial charge in [0, 0.05) is 32.0 Å². The standard InChI is InChI=1S/C18H20N2O3.C14H16N2/c1-3-23-18(22)17(21)20(12-15-7-5-4-6-8-15)13-16-10-9-14(2)11-19-16;1-12-7-8-14(16-9-12)11-15-10-13-5-3-2-4-6-13/h4-11H,3,12-13H2,1-2H3;2-9,15H,10-11H2,1H3. The van der Waals surface area contributed by atoms with Crippen LogP contribution in [0.5, 0.6) is 0 Å². The Balaban J connectivity index is 0.000000230. The fourth-order valence-corrected chi connectivity index (χ4v) is 3.65. The normalized spacial score (nSPS) is 10.2. The number of carbonyl (C=O) groups is 2. The Morgan fingerprint density at radius 1 is 0.718 bits per heavy atom. The van der Waals surface area contributed by atoms with Gasteiger partial charge in [0.15, 0.2) is 0 Å². The molecule has 2 aromatic heterocycles. The summed E-state index contributed by atoms with van der Waals surface area (Å²) in [5.74, 6) is -1.49. The predicted molar refractivity (Wildman–Crippen MR) is 152 cm³/mol. The van der Waals surface area contributed by atoms with Crippen molar-refractivity contribution >= 4 is 11.9 Å². The fraction of sp³-hybridized carbons (Fsp3) is 0.250. The van der Waals surface area contributed by atoms with Crippen LogP contribution >= 0.6 is 0 Å². The maximum atomic E-state index is 12.3. The van der Waals surface area contributed by atoms with E-state index in [1.54, 1.807) is 13.1 Å². The Morgan fingerprint density at radius 3 is 1.82 bits per heavy atom. The number of hydrogen-bond acceptors (Lipinski definition) is 6. The average Bonchev–Trinajstić information content (AvgIpc) is 2.96. The molecule has 0 unspecified atom stereocenters. The zero-order chi connectivity index (χ0) is 27.9. The van der Waals surface area contributed by atoms with E-state index in [4.69, 9.17) is 4.74 Å². The predicted octanol–water partition coefficient (Wildman–Crippen LogP) is 5.16. The van der Waals surface area contributed by atoms with Crippen molar-refractivity contribution in [2.45, 2.75) is 47.0 Å². The number of hydrogen-bond donors (Lipinski definition) is 1. The Morgan fingerprint density at radius 2 is 1.28 bits per heavy atom. The third-order valence-corrected chi connectivity index (χ3v) is 5.73. The van der Waals surface area contributed by atoms with Crippen molar-refractivity contribution in [1.82, 2.24) is 20.2 Å². The Hall–Kier alpha value is -4.36. The Bertz CT molecular complexity index is 1280. The van der Waals surface area contributed by atoms with Gasteiger partial charge in [0.2, 0.25) is 0 Å². The first kappa shape index (κ1) is 29.2. The number of carbonyl (C=O) groups excluding carboxylic acids is 2. The van der Waals surface area contributed by atoms with E-state index < -0.39 is 11.9 Å². The van der Waals surface area contributed by atoms with E-state index in [2.05, 4.69) is 51.7 Å². The number of benzene rings is 2. The molecule has 7 nitrogen and oxygen atoms in total. The summed E-state index contributed by atoms with van der Waals surface area (Å²) >= 11 is 0. The molecule has 2 heterocycles. The highest BCUT2D eigenvalue weighted by Gasteiger charge is 2.23. The maximum absolute atomic E-state index is 12.3. The second-order valence-electron chi connectivity index (χ2n) is 9.11. The zero-order valence-corrected chi connectivity index (χ0v) is 22.8. The monoisotopic (exact) mass is 524 g/mol. The molecule has 0 atom stereocenters. The molecule has 4 aromatic rings. The molecular weight excluding hydrogens is 488 g/mol. The van der Waals surface area contributed by atoms with Crippen LogP contribution in [0.25, 0.3) is 0 Å². The lowest BCUT2D eigenvalue weighted by atomic mass is 10.2. The Labute approximate surface area is 230 Å². The van der Waals surface area contributed by atoms with Crippen molar-refractivity contribution in [3.05, 3.63) is 131 Å². The first-order valence-corrected chi connectivity index (χ1v) is 13.0. The van der Waals surface area contributed by atoms with Crippen molar-refractivity contribution in [2.24, 2.45) is 0 Å². The third kappa shape index (κ3) is 10.5. The van der Waals surface area contributed by atoms with E-state index in [1.807, 2.05) is 68.6 Å². The smallest absolute Gasteiger partial charge is 0.397 e. The lowest BCUT2D eigenvalue weighted by Crippen LogP contribution is -2.37. The van der Waals surface area contributed by atoms with E-state index in [9.17, 15) is 9.59 Å². The summed E-state index contributed by atoms with van der Waals surface area (Å²) < 4.78 is 4.83. The number of aromatic nitrogens is 2. The van der Waals surface area contributed by atoms with Gasteiger partial charge in [-0.25, -0.2) is 4.79 Å². The van der Waals surface area contributed by atoms with Gasteiger partial charge >= 0.3 is 11.9 Å². The maximum Gasteiger partial charge on any atom is 0.397 e. The van der Waals surface area contributed by atoms with Gasteiger partial charge in [0.25, 0.3) is 0 Å². The summed E-state index contributed by atoms with van der Waals surface area (Å²) in [6, 6.07) is 27.8. The largest absolute Gasteiger partial charge is 0.459 e. The lowest BCUT2D eigenvalue weighted by Gasteiger charge is -2.21. The van der Waals surface area contributed by atoms with Gasteiger partial charge in [0.1, 0.15) is 0 Å². The molecule has 4 rings (SSSR count). The van der Waals surface area contributed by atoms with Crippen molar-refractivity contribution in [1.29, 1.82) is 0 Å². The third-order valence-electron chi connectivity index (χ3n) is 5.73. The summed E-state index contributed by atoms with van der Waals surface area (Å²) in [6.45, 7) is 8.13. The number of esters is 1. The number of rotatable bonds is 9. The zero-order valence-electron chi connectivity index (χ0n) is 22.8. The second kappa shape index (κ2) is 15.8. The average molecular weight is 525 g/mol. The Kier molecular flexibility index (Phi) is 11.8. The first-order valence-electron chi connectivity index (χ1n) is 13.0. The van der Waals surface area contributed by atoms with Crippen LogP contribution in [0.1, 0.15) is 40.6 Å². The molecule has 0 saturated carbocycles. The SMILES string of the molecule is CCOC(=O)C(=O)N(Cc1ccccc1)Cc1ccc(C)cn1.Cc1ccc(CNCc2ccccc2)nc1. The van der Waals surface area contributed by atoms with Crippen LogP contribution in [-0.4, -0.2) is 33.4 Å². The van der Waals surface area contributed by atoms with Gasteiger partial charge in [-0.05, 0) is 55.2 Å². The summed E-state index contributed by atoms with van der Waals surface area (Å²) in [5, 5.41) is 3.37. The van der Waals surface area contributed by atoms with Crippen LogP contribution in [0.4, 0.5) is 0 Å². The van der Waals surface area contributed by atoms with Crippen molar-refractivity contribution in [3.8, 4) is 0 Å². The minimum atomic E-state index is -0.837. The molecule has 7 heteroatoms. The molecule has 0 bridgehead atoms. The van der Waals surface area contributed by atoms with E-state index in [0.717, 1.165) is 35.6 Å². The molecule has 39 heavy (non-hydrogen) atoms. The van der Waals surface area contributed by atoms with Gasteiger partial charge in [-0.15, -0.1) is 0 Å². The minimum Gasteiger partial charge on any atom is -0.459 e. The lowest BCUT2D eigenvalue weighted by molar-refractivity contribution is -0.160. The number of nitrogens with one attached hydrogen (secondary N) is 1.